The third kappa shape index (κ3) is 7.71. The Balaban J connectivity index is 1.87. The number of rotatable bonds is 10. The van der Waals surface area contributed by atoms with Crippen LogP contribution in [0.2, 0.25) is 18.1 Å². The SMILES string of the molecule is CC(=O)NC1[C@@H](O)OC(CO[Si](C)(C)C(C)(C)C)[C@@H](OCc2ccccc2)[C@H]1OCc1ccccc1. The minimum Gasteiger partial charge on any atom is -0.414 e. The molecule has 5 atom stereocenters. The highest BCUT2D eigenvalue weighted by Gasteiger charge is 2.48. The molecule has 2 aromatic rings. The number of amides is 1. The standard InChI is InChI=1S/C28H41NO6Si/c1-20(30)29-24-26(33-18-22-15-11-8-12-16-22)25(32-17-21-13-9-7-10-14-21)23(35-27(24)31)19-34-36(5,6)28(2,3)4/h7-16,23-27,31H,17-19H2,1-6H3,(H,29,30)/t23?,24?,25-,26+,27+/m1/s1. The summed E-state index contributed by atoms with van der Waals surface area (Å²) >= 11 is 0. The minimum absolute atomic E-state index is 0.0165. The van der Waals surface area contributed by atoms with Gasteiger partial charge in [0.1, 0.15) is 24.4 Å². The van der Waals surface area contributed by atoms with Crippen molar-refractivity contribution < 1.29 is 28.5 Å². The van der Waals surface area contributed by atoms with Crippen LogP contribution in [-0.4, -0.2) is 56.6 Å². The van der Waals surface area contributed by atoms with Crippen molar-refractivity contribution in [3.8, 4) is 0 Å². The van der Waals surface area contributed by atoms with E-state index >= 15 is 0 Å². The number of ether oxygens (including phenoxy) is 3. The molecular formula is C28H41NO6Si. The summed E-state index contributed by atoms with van der Waals surface area (Å²) < 4.78 is 25.3. The number of hydrogen-bond donors (Lipinski definition) is 2. The Hall–Kier alpha value is -2.07. The Morgan fingerprint density at radius 2 is 1.44 bits per heavy atom. The molecule has 8 heteroatoms. The normalized spacial score (nSPS) is 24.9. The van der Waals surface area contributed by atoms with E-state index in [0.29, 0.717) is 13.2 Å². The third-order valence-electron chi connectivity index (χ3n) is 7.02. The molecule has 2 unspecified atom stereocenters. The summed E-state index contributed by atoms with van der Waals surface area (Å²) in [6.07, 6.45) is -3.09. The number of hydrogen-bond acceptors (Lipinski definition) is 6. The largest absolute Gasteiger partial charge is 0.414 e. The van der Waals surface area contributed by atoms with Crippen molar-refractivity contribution in [1.29, 1.82) is 0 Å². The van der Waals surface area contributed by atoms with Crippen molar-refractivity contribution in [1.82, 2.24) is 5.32 Å². The smallest absolute Gasteiger partial charge is 0.217 e. The first kappa shape index (κ1) is 28.5. The molecule has 1 aliphatic rings. The van der Waals surface area contributed by atoms with Crippen LogP contribution in [0.3, 0.4) is 0 Å². The van der Waals surface area contributed by atoms with Gasteiger partial charge in [0.05, 0.1) is 19.8 Å². The summed E-state index contributed by atoms with van der Waals surface area (Å²) in [5.41, 5.74) is 1.99. The van der Waals surface area contributed by atoms with Gasteiger partial charge in [0.2, 0.25) is 5.91 Å². The van der Waals surface area contributed by atoms with Gasteiger partial charge in [0.15, 0.2) is 14.6 Å². The fraction of sp³-hybridized carbons (Fsp3) is 0.536. The van der Waals surface area contributed by atoms with Gasteiger partial charge in [-0.25, -0.2) is 0 Å². The van der Waals surface area contributed by atoms with Crippen LogP contribution in [0.15, 0.2) is 60.7 Å². The van der Waals surface area contributed by atoms with E-state index in [1.165, 1.54) is 6.92 Å². The van der Waals surface area contributed by atoms with Crippen molar-refractivity contribution in [3.63, 3.8) is 0 Å². The molecule has 1 heterocycles. The van der Waals surface area contributed by atoms with Gasteiger partial charge in [-0.2, -0.15) is 0 Å². The molecule has 2 aromatic carbocycles. The third-order valence-corrected chi connectivity index (χ3v) is 11.5. The van der Waals surface area contributed by atoms with Crippen LogP contribution < -0.4 is 5.32 Å². The van der Waals surface area contributed by atoms with Gasteiger partial charge < -0.3 is 29.1 Å². The summed E-state index contributed by atoms with van der Waals surface area (Å²) in [6.45, 7) is 13.2. The zero-order chi connectivity index (χ0) is 26.3. The van der Waals surface area contributed by atoms with E-state index in [2.05, 4.69) is 39.2 Å². The number of carbonyl (C=O) groups is 1. The molecule has 0 aliphatic carbocycles. The lowest BCUT2D eigenvalue weighted by Crippen LogP contribution is -2.65. The van der Waals surface area contributed by atoms with Gasteiger partial charge in [0.25, 0.3) is 0 Å². The van der Waals surface area contributed by atoms with Crippen LogP contribution in [0.1, 0.15) is 38.8 Å². The lowest BCUT2D eigenvalue weighted by molar-refractivity contribution is -0.274. The van der Waals surface area contributed by atoms with Crippen LogP contribution in [0.4, 0.5) is 0 Å². The molecule has 0 saturated carbocycles. The molecule has 2 N–H and O–H groups in total. The highest BCUT2D eigenvalue weighted by atomic mass is 28.4. The predicted octanol–water partition coefficient (Wildman–Crippen LogP) is 4.40. The number of nitrogens with one attached hydrogen (secondary N) is 1. The zero-order valence-electron chi connectivity index (χ0n) is 22.3. The van der Waals surface area contributed by atoms with Crippen molar-refractivity contribution >= 4 is 14.2 Å². The van der Waals surface area contributed by atoms with Crippen molar-refractivity contribution in [2.24, 2.45) is 0 Å². The van der Waals surface area contributed by atoms with Crippen LogP contribution in [0, 0.1) is 0 Å². The minimum atomic E-state index is -2.09. The quantitative estimate of drug-likeness (QED) is 0.456. The number of carbonyl (C=O) groups excluding carboxylic acids is 1. The van der Waals surface area contributed by atoms with E-state index in [-0.39, 0.29) is 17.6 Å². The molecule has 0 spiro atoms. The van der Waals surface area contributed by atoms with Gasteiger partial charge in [-0.3, -0.25) is 4.79 Å². The highest BCUT2D eigenvalue weighted by Crippen LogP contribution is 2.37. The zero-order valence-corrected chi connectivity index (χ0v) is 23.3. The molecule has 1 amide bonds. The predicted molar refractivity (Wildman–Crippen MR) is 142 cm³/mol. The van der Waals surface area contributed by atoms with Gasteiger partial charge >= 0.3 is 0 Å². The van der Waals surface area contributed by atoms with E-state index < -0.39 is 39.0 Å². The number of benzene rings is 2. The van der Waals surface area contributed by atoms with Crippen molar-refractivity contribution in [2.75, 3.05) is 6.61 Å². The Morgan fingerprint density at radius 1 is 0.944 bits per heavy atom. The first-order valence-electron chi connectivity index (χ1n) is 12.5. The molecule has 36 heavy (non-hydrogen) atoms. The average Bonchev–Trinajstić information content (AvgIpc) is 2.82. The molecular weight excluding hydrogens is 474 g/mol. The molecule has 0 aromatic heterocycles. The molecule has 1 saturated heterocycles. The second kappa shape index (κ2) is 12.4. The number of aliphatic hydroxyl groups is 1. The summed E-state index contributed by atoms with van der Waals surface area (Å²) in [4.78, 5) is 12.0. The maximum absolute atomic E-state index is 12.0. The van der Waals surface area contributed by atoms with E-state index in [9.17, 15) is 9.90 Å². The van der Waals surface area contributed by atoms with Gasteiger partial charge in [-0.05, 0) is 29.3 Å². The second-order valence-electron chi connectivity index (χ2n) is 10.9. The van der Waals surface area contributed by atoms with Crippen LogP contribution >= 0.6 is 0 Å². The van der Waals surface area contributed by atoms with Gasteiger partial charge in [-0.1, -0.05) is 81.4 Å². The summed E-state index contributed by atoms with van der Waals surface area (Å²) in [7, 11) is -2.09. The van der Waals surface area contributed by atoms with Crippen LogP contribution in [-0.2, 0) is 36.6 Å². The van der Waals surface area contributed by atoms with E-state index in [1.54, 1.807) is 0 Å². The monoisotopic (exact) mass is 515 g/mol. The van der Waals surface area contributed by atoms with Crippen molar-refractivity contribution in [2.45, 2.75) is 89.7 Å². The summed E-state index contributed by atoms with van der Waals surface area (Å²) in [5.74, 6) is -0.284. The first-order chi connectivity index (χ1) is 17.0. The molecule has 0 bridgehead atoms. The van der Waals surface area contributed by atoms with Crippen molar-refractivity contribution in [3.05, 3.63) is 71.8 Å². The first-order valence-corrected chi connectivity index (χ1v) is 15.4. The molecule has 7 nitrogen and oxygen atoms in total. The maximum Gasteiger partial charge on any atom is 0.217 e. The van der Waals surface area contributed by atoms with Gasteiger partial charge in [-0.15, -0.1) is 0 Å². The molecule has 198 valence electrons. The Bertz CT molecular complexity index is 950. The Labute approximate surface area is 216 Å². The molecule has 1 aliphatic heterocycles. The fourth-order valence-corrected chi connectivity index (χ4v) is 4.90. The molecule has 1 fully saturated rings. The van der Waals surface area contributed by atoms with Crippen LogP contribution in [0.5, 0.6) is 0 Å². The lowest BCUT2D eigenvalue weighted by Gasteiger charge is -2.46. The molecule has 0 radical (unpaired) electrons. The van der Waals surface area contributed by atoms with E-state index in [0.717, 1.165) is 11.1 Å². The summed E-state index contributed by atoms with van der Waals surface area (Å²) in [6, 6.07) is 18.8. The summed E-state index contributed by atoms with van der Waals surface area (Å²) in [5, 5.41) is 13.8. The maximum atomic E-state index is 12.0. The Morgan fingerprint density at radius 3 is 1.92 bits per heavy atom. The lowest BCUT2D eigenvalue weighted by atomic mass is 9.96. The Kier molecular flexibility index (Phi) is 9.85. The topological polar surface area (TPSA) is 86.3 Å². The van der Waals surface area contributed by atoms with Crippen LogP contribution in [0.25, 0.3) is 0 Å². The average molecular weight is 516 g/mol. The molecule has 3 rings (SSSR count). The van der Waals surface area contributed by atoms with E-state index in [1.807, 2.05) is 60.7 Å². The number of aliphatic hydroxyl groups excluding tert-OH is 1. The van der Waals surface area contributed by atoms with E-state index in [4.69, 9.17) is 18.6 Å². The second-order valence-corrected chi connectivity index (χ2v) is 15.7. The fourth-order valence-electron chi connectivity index (χ4n) is 3.88. The van der Waals surface area contributed by atoms with Gasteiger partial charge in [0, 0.05) is 6.92 Å². The highest BCUT2D eigenvalue weighted by molar-refractivity contribution is 6.74.